The van der Waals surface area contributed by atoms with E-state index in [1.807, 2.05) is 68.4 Å². The molecule has 1 N–H and O–H groups in total. The van der Waals surface area contributed by atoms with E-state index in [-0.39, 0.29) is 29.5 Å². The van der Waals surface area contributed by atoms with Crippen LogP contribution in [0, 0.1) is 13.8 Å². The van der Waals surface area contributed by atoms with Crippen LogP contribution in [0.1, 0.15) is 22.3 Å². The first-order chi connectivity index (χ1) is 20.1. The fourth-order valence-electron chi connectivity index (χ4n) is 4.73. The van der Waals surface area contributed by atoms with Gasteiger partial charge in [-0.15, -0.1) is 0 Å². The molecule has 0 saturated heterocycles. The molecule has 0 aliphatic rings. The molecule has 4 aromatic carbocycles. The second-order valence-electron chi connectivity index (χ2n) is 10.1. The topological polar surface area (TPSA) is 86.8 Å². The number of rotatable bonds is 11. The number of hydrogen-bond donors (Lipinski definition) is 1. The van der Waals surface area contributed by atoms with Crippen molar-refractivity contribution in [2.75, 3.05) is 17.9 Å². The molecule has 2 amide bonds. The minimum absolute atomic E-state index is 0.0400. The largest absolute Gasteiger partial charge is 0.357 e. The summed E-state index contributed by atoms with van der Waals surface area (Å²) in [5.74, 6) is -0.882. The van der Waals surface area contributed by atoms with Crippen LogP contribution in [0.25, 0.3) is 0 Å². The van der Waals surface area contributed by atoms with Gasteiger partial charge in [0.2, 0.25) is 11.8 Å². The molecule has 0 saturated carbocycles. The number of likely N-dealkylation sites (N-methyl/N-ethyl adjacent to an activating group) is 1. The number of carbonyl (C=O) groups excluding carboxylic acids is 2. The summed E-state index contributed by atoms with van der Waals surface area (Å²) in [5.41, 5.74) is 3.83. The molecule has 218 valence electrons. The lowest BCUT2D eigenvalue weighted by atomic mass is 10.0. The zero-order valence-corrected chi connectivity index (χ0v) is 25.4. The van der Waals surface area contributed by atoms with E-state index in [1.54, 1.807) is 30.3 Å². The fourth-order valence-corrected chi connectivity index (χ4v) is 6.32. The molecule has 0 fully saturated rings. The Balaban J connectivity index is 1.79. The van der Waals surface area contributed by atoms with Crippen molar-refractivity contribution in [2.24, 2.45) is 0 Å². The Morgan fingerprint density at radius 3 is 2.12 bits per heavy atom. The summed E-state index contributed by atoms with van der Waals surface area (Å²) >= 11 is 6.26. The van der Waals surface area contributed by atoms with Gasteiger partial charge in [0.05, 0.1) is 10.6 Å². The monoisotopic (exact) mass is 603 g/mol. The van der Waals surface area contributed by atoms with Gasteiger partial charge in [-0.3, -0.25) is 13.9 Å². The molecule has 4 rings (SSSR count). The first kappa shape index (κ1) is 30.8. The number of carbonyl (C=O) groups is 2. The third-order valence-electron chi connectivity index (χ3n) is 6.94. The van der Waals surface area contributed by atoms with Crippen LogP contribution in [0.2, 0.25) is 5.02 Å². The molecule has 42 heavy (non-hydrogen) atoms. The van der Waals surface area contributed by atoms with Crippen LogP contribution in [0.5, 0.6) is 0 Å². The van der Waals surface area contributed by atoms with Gasteiger partial charge in [-0.1, -0.05) is 95.5 Å². The molecule has 0 radical (unpaired) electrons. The standard InChI is InChI=1S/C33H34ClN3O4S/c1-24-15-17-30(18-16-24)42(40,41)37(29-14-8-13-28(34)21-29)23-32(38)36(22-27-12-7-9-25(2)19-27)31(33(39)35-3)20-26-10-5-4-6-11-26/h4-19,21,31H,20,22-23H2,1-3H3,(H,35,39)/t31-/m1/s1. The molecule has 0 spiro atoms. The van der Waals surface area contributed by atoms with Crippen LogP contribution >= 0.6 is 11.6 Å². The molecule has 0 aliphatic carbocycles. The maximum atomic E-state index is 14.3. The Morgan fingerprint density at radius 1 is 0.810 bits per heavy atom. The summed E-state index contributed by atoms with van der Waals surface area (Å²) in [7, 11) is -2.66. The molecule has 4 aromatic rings. The summed E-state index contributed by atoms with van der Waals surface area (Å²) in [6, 6.07) is 29.0. The van der Waals surface area contributed by atoms with Crippen LogP contribution in [-0.2, 0) is 32.6 Å². The molecule has 0 unspecified atom stereocenters. The van der Waals surface area contributed by atoms with Crippen LogP contribution < -0.4 is 9.62 Å². The highest BCUT2D eigenvalue weighted by atomic mass is 35.5. The molecule has 0 aliphatic heterocycles. The summed E-state index contributed by atoms with van der Waals surface area (Å²) in [5, 5.41) is 3.02. The average molecular weight is 604 g/mol. The van der Waals surface area contributed by atoms with E-state index in [0.717, 1.165) is 26.6 Å². The SMILES string of the molecule is CNC(=O)[C@@H](Cc1ccccc1)N(Cc1cccc(C)c1)C(=O)CN(c1cccc(Cl)c1)S(=O)(=O)c1ccc(C)cc1. The fraction of sp³-hybridized carbons (Fsp3) is 0.212. The van der Waals surface area contributed by atoms with Gasteiger partial charge >= 0.3 is 0 Å². The number of sulfonamides is 1. The molecule has 1 atom stereocenters. The number of halogens is 1. The highest BCUT2D eigenvalue weighted by molar-refractivity contribution is 7.92. The first-order valence-electron chi connectivity index (χ1n) is 13.5. The van der Waals surface area contributed by atoms with Gasteiger partial charge in [0.15, 0.2) is 0 Å². The van der Waals surface area contributed by atoms with Crippen molar-refractivity contribution in [1.29, 1.82) is 0 Å². The summed E-state index contributed by atoms with van der Waals surface area (Å²) in [4.78, 5) is 29.1. The maximum Gasteiger partial charge on any atom is 0.264 e. The molecular formula is C33H34ClN3O4S. The van der Waals surface area contributed by atoms with E-state index >= 15 is 0 Å². The first-order valence-corrected chi connectivity index (χ1v) is 15.4. The van der Waals surface area contributed by atoms with Gasteiger partial charge in [0, 0.05) is 25.0 Å². The van der Waals surface area contributed by atoms with E-state index in [9.17, 15) is 18.0 Å². The zero-order chi connectivity index (χ0) is 30.3. The molecular weight excluding hydrogens is 570 g/mol. The van der Waals surface area contributed by atoms with Crippen molar-refractivity contribution in [3.8, 4) is 0 Å². The van der Waals surface area contributed by atoms with Gasteiger partial charge in [0.1, 0.15) is 12.6 Å². The number of benzene rings is 4. The van der Waals surface area contributed by atoms with Gasteiger partial charge in [-0.05, 0) is 55.3 Å². The van der Waals surface area contributed by atoms with Crippen LogP contribution in [0.15, 0.2) is 108 Å². The van der Waals surface area contributed by atoms with Crippen LogP contribution in [0.3, 0.4) is 0 Å². The lowest BCUT2D eigenvalue weighted by Gasteiger charge is -2.33. The number of anilines is 1. The van der Waals surface area contributed by atoms with Crippen LogP contribution in [-0.4, -0.2) is 44.8 Å². The molecule has 0 bridgehead atoms. The average Bonchev–Trinajstić information content (AvgIpc) is 2.98. The van der Waals surface area contributed by atoms with E-state index < -0.39 is 28.5 Å². The highest BCUT2D eigenvalue weighted by Crippen LogP contribution is 2.27. The van der Waals surface area contributed by atoms with Gasteiger partial charge in [-0.25, -0.2) is 8.42 Å². The number of aryl methyl sites for hydroxylation is 2. The van der Waals surface area contributed by atoms with Crippen molar-refractivity contribution in [2.45, 2.75) is 37.8 Å². The Hall–Kier alpha value is -4.14. The zero-order valence-electron chi connectivity index (χ0n) is 23.8. The smallest absolute Gasteiger partial charge is 0.264 e. The van der Waals surface area contributed by atoms with Crippen molar-refractivity contribution < 1.29 is 18.0 Å². The quantitative estimate of drug-likeness (QED) is 0.244. The third-order valence-corrected chi connectivity index (χ3v) is 8.96. The lowest BCUT2D eigenvalue weighted by Crippen LogP contribution is -2.53. The number of hydrogen-bond acceptors (Lipinski definition) is 4. The Labute approximate surface area is 252 Å². The Morgan fingerprint density at radius 2 is 1.48 bits per heavy atom. The van der Waals surface area contributed by atoms with Crippen molar-refractivity contribution in [3.05, 3.63) is 130 Å². The number of nitrogens with one attached hydrogen (secondary N) is 1. The summed E-state index contributed by atoms with van der Waals surface area (Å²) < 4.78 is 29.1. The van der Waals surface area contributed by atoms with E-state index in [2.05, 4.69) is 5.32 Å². The van der Waals surface area contributed by atoms with E-state index in [1.165, 1.54) is 30.1 Å². The number of amides is 2. The van der Waals surface area contributed by atoms with Crippen LogP contribution in [0.4, 0.5) is 5.69 Å². The summed E-state index contributed by atoms with van der Waals surface area (Å²) in [6.45, 7) is 3.39. The minimum Gasteiger partial charge on any atom is -0.357 e. The molecule has 0 aromatic heterocycles. The van der Waals surface area contributed by atoms with Gasteiger partial charge in [-0.2, -0.15) is 0 Å². The highest BCUT2D eigenvalue weighted by Gasteiger charge is 2.34. The Bertz CT molecular complexity index is 1640. The third kappa shape index (κ3) is 7.57. The normalized spacial score (nSPS) is 11.9. The molecule has 7 nitrogen and oxygen atoms in total. The minimum atomic E-state index is -4.18. The van der Waals surface area contributed by atoms with Gasteiger partial charge in [0.25, 0.3) is 10.0 Å². The number of nitrogens with zero attached hydrogens (tertiary/aromatic N) is 2. The van der Waals surface area contributed by atoms with E-state index in [0.29, 0.717) is 5.02 Å². The Kier molecular flexibility index (Phi) is 10.0. The molecule has 0 heterocycles. The van der Waals surface area contributed by atoms with Crippen molar-refractivity contribution in [1.82, 2.24) is 10.2 Å². The molecule has 9 heteroatoms. The second kappa shape index (κ2) is 13.7. The lowest BCUT2D eigenvalue weighted by molar-refractivity contribution is -0.139. The second-order valence-corrected chi connectivity index (χ2v) is 12.4. The van der Waals surface area contributed by atoms with Crippen molar-refractivity contribution >= 4 is 39.1 Å². The van der Waals surface area contributed by atoms with E-state index in [4.69, 9.17) is 11.6 Å². The maximum absolute atomic E-state index is 14.3. The predicted octanol–water partition coefficient (Wildman–Crippen LogP) is 5.54. The van der Waals surface area contributed by atoms with Gasteiger partial charge < -0.3 is 10.2 Å². The predicted molar refractivity (Wildman–Crippen MR) is 167 cm³/mol. The van der Waals surface area contributed by atoms with Crippen molar-refractivity contribution in [3.63, 3.8) is 0 Å². The summed E-state index contributed by atoms with van der Waals surface area (Å²) in [6.07, 6.45) is 0.250.